The molecule has 0 unspecified atom stereocenters. The van der Waals surface area contributed by atoms with Crippen LogP contribution in [-0.4, -0.2) is 32.8 Å². The van der Waals surface area contributed by atoms with Crippen LogP contribution in [0, 0.1) is 5.82 Å². The van der Waals surface area contributed by atoms with Crippen molar-refractivity contribution in [2.45, 2.75) is 11.5 Å². The number of esters is 1. The van der Waals surface area contributed by atoms with E-state index in [2.05, 4.69) is 0 Å². The number of hydrogen-bond acceptors (Lipinski definition) is 4. The van der Waals surface area contributed by atoms with Crippen molar-refractivity contribution in [2.75, 3.05) is 14.1 Å². The van der Waals surface area contributed by atoms with Gasteiger partial charge in [0.2, 0.25) is 10.0 Å². The molecule has 2 aromatic carbocycles. The van der Waals surface area contributed by atoms with Gasteiger partial charge < -0.3 is 4.74 Å². The third kappa shape index (κ3) is 3.94. The smallest absolute Gasteiger partial charge is 0.339 e. The van der Waals surface area contributed by atoms with Crippen molar-refractivity contribution in [1.82, 2.24) is 4.31 Å². The molecule has 23 heavy (non-hydrogen) atoms. The molecule has 0 saturated heterocycles. The first-order valence-electron chi connectivity index (χ1n) is 6.75. The molecule has 0 aliphatic rings. The molecule has 2 aromatic rings. The van der Waals surface area contributed by atoms with Gasteiger partial charge in [-0.3, -0.25) is 0 Å². The van der Waals surface area contributed by atoms with E-state index in [9.17, 15) is 17.6 Å². The summed E-state index contributed by atoms with van der Waals surface area (Å²) in [7, 11) is -1.01. The van der Waals surface area contributed by atoms with Crippen LogP contribution in [0.1, 0.15) is 15.9 Å². The maximum atomic E-state index is 13.1. The molecule has 0 atom stereocenters. The van der Waals surface area contributed by atoms with Crippen molar-refractivity contribution in [3.8, 4) is 0 Å². The van der Waals surface area contributed by atoms with Crippen molar-refractivity contribution in [2.24, 2.45) is 0 Å². The Morgan fingerprint density at radius 3 is 2.48 bits per heavy atom. The van der Waals surface area contributed by atoms with Gasteiger partial charge in [0.1, 0.15) is 12.4 Å². The summed E-state index contributed by atoms with van der Waals surface area (Å²) in [5, 5.41) is 0. The number of carbonyl (C=O) groups excluding carboxylic acids is 1. The van der Waals surface area contributed by atoms with E-state index in [0.29, 0.717) is 5.56 Å². The molecule has 0 radical (unpaired) electrons. The summed E-state index contributed by atoms with van der Waals surface area (Å²) in [6.45, 7) is -0.146. The molecule has 2 rings (SSSR count). The maximum absolute atomic E-state index is 13.1. The van der Waals surface area contributed by atoms with Crippen LogP contribution in [0.3, 0.4) is 0 Å². The number of nitrogens with zero attached hydrogens (tertiary/aromatic N) is 1. The molecule has 0 amide bonds. The zero-order chi connectivity index (χ0) is 17.0. The fourth-order valence-corrected chi connectivity index (χ4v) is 2.98. The lowest BCUT2D eigenvalue weighted by molar-refractivity contribution is 0.0467. The molecule has 0 bridgehead atoms. The zero-order valence-corrected chi connectivity index (χ0v) is 13.5. The second kappa shape index (κ2) is 6.89. The van der Waals surface area contributed by atoms with E-state index in [0.717, 1.165) is 4.31 Å². The third-order valence-electron chi connectivity index (χ3n) is 3.12. The molecule has 0 fully saturated rings. The second-order valence-corrected chi connectivity index (χ2v) is 7.11. The number of benzene rings is 2. The minimum Gasteiger partial charge on any atom is -0.457 e. The summed E-state index contributed by atoms with van der Waals surface area (Å²) in [6.07, 6.45) is 0. The molecule has 0 spiro atoms. The van der Waals surface area contributed by atoms with Gasteiger partial charge in [0.15, 0.2) is 0 Å². The van der Waals surface area contributed by atoms with Crippen LogP contribution in [0.15, 0.2) is 53.4 Å². The number of hydrogen-bond donors (Lipinski definition) is 0. The molecule has 0 aliphatic heterocycles. The van der Waals surface area contributed by atoms with Gasteiger partial charge in [-0.1, -0.05) is 24.3 Å². The van der Waals surface area contributed by atoms with Crippen LogP contribution in [0.25, 0.3) is 0 Å². The molecule has 5 nitrogen and oxygen atoms in total. The molecule has 0 heterocycles. The molecule has 0 aliphatic carbocycles. The predicted molar refractivity (Wildman–Crippen MR) is 82.8 cm³/mol. The van der Waals surface area contributed by atoms with Gasteiger partial charge >= 0.3 is 5.97 Å². The fourth-order valence-electron chi connectivity index (χ4n) is 1.91. The molecular formula is C16H16FNO4S. The van der Waals surface area contributed by atoms with Crippen molar-refractivity contribution < 1.29 is 22.3 Å². The number of rotatable bonds is 5. The Morgan fingerprint density at radius 2 is 1.83 bits per heavy atom. The van der Waals surface area contributed by atoms with Crippen molar-refractivity contribution >= 4 is 16.0 Å². The molecule has 7 heteroatoms. The van der Waals surface area contributed by atoms with E-state index in [1.807, 2.05) is 0 Å². The Morgan fingerprint density at radius 1 is 1.13 bits per heavy atom. The molecule has 0 N–H and O–H groups in total. The van der Waals surface area contributed by atoms with E-state index in [1.165, 1.54) is 50.5 Å². The monoisotopic (exact) mass is 337 g/mol. The number of sulfonamides is 1. The number of ether oxygens (including phenoxy) is 1. The molecular weight excluding hydrogens is 321 g/mol. The largest absolute Gasteiger partial charge is 0.457 e. The minimum absolute atomic E-state index is 0.0578. The summed E-state index contributed by atoms with van der Waals surface area (Å²) < 4.78 is 43.7. The predicted octanol–water partition coefficient (Wildman–Crippen LogP) is 2.43. The highest BCUT2D eigenvalue weighted by Gasteiger charge is 2.24. The van der Waals surface area contributed by atoms with Gasteiger partial charge in [0, 0.05) is 14.1 Å². The fraction of sp³-hybridized carbons (Fsp3) is 0.188. The standard InChI is InChI=1S/C16H16FNO4S/c1-18(2)23(20,21)15-9-4-3-8-14(15)16(19)22-11-12-6-5-7-13(17)10-12/h3-10H,11H2,1-2H3. The van der Waals surface area contributed by atoms with Gasteiger partial charge in [0.25, 0.3) is 0 Å². The average Bonchev–Trinajstić information content (AvgIpc) is 2.52. The topological polar surface area (TPSA) is 63.7 Å². The van der Waals surface area contributed by atoms with Crippen LogP contribution in [-0.2, 0) is 21.4 Å². The van der Waals surface area contributed by atoms with Crippen LogP contribution in [0.2, 0.25) is 0 Å². The highest BCUT2D eigenvalue weighted by molar-refractivity contribution is 7.89. The molecule has 122 valence electrons. The van der Waals surface area contributed by atoms with E-state index in [4.69, 9.17) is 4.74 Å². The normalized spacial score (nSPS) is 11.5. The van der Waals surface area contributed by atoms with E-state index >= 15 is 0 Å². The Bertz CT molecular complexity index is 818. The lowest BCUT2D eigenvalue weighted by Crippen LogP contribution is -2.24. The summed E-state index contributed by atoms with van der Waals surface area (Å²) in [4.78, 5) is 12.1. The molecule has 0 saturated carbocycles. The number of halogens is 1. The summed E-state index contributed by atoms with van der Waals surface area (Å²) in [5.74, 6) is -1.22. The lowest BCUT2D eigenvalue weighted by atomic mass is 10.2. The first-order chi connectivity index (χ1) is 10.8. The van der Waals surface area contributed by atoms with Crippen LogP contribution < -0.4 is 0 Å². The maximum Gasteiger partial charge on any atom is 0.339 e. The van der Waals surface area contributed by atoms with Gasteiger partial charge in [-0.05, 0) is 29.8 Å². The van der Waals surface area contributed by atoms with Crippen LogP contribution in [0.5, 0.6) is 0 Å². The average molecular weight is 337 g/mol. The summed E-state index contributed by atoms with van der Waals surface area (Å²) >= 11 is 0. The lowest BCUT2D eigenvalue weighted by Gasteiger charge is -2.14. The second-order valence-electron chi connectivity index (χ2n) is 4.99. The van der Waals surface area contributed by atoms with Crippen molar-refractivity contribution in [3.05, 3.63) is 65.5 Å². The minimum atomic E-state index is -3.77. The SMILES string of the molecule is CN(C)S(=O)(=O)c1ccccc1C(=O)OCc1cccc(F)c1. The Kier molecular flexibility index (Phi) is 5.12. The molecule has 0 aromatic heterocycles. The van der Waals surface area contributed by atoms with E-state index in [1.54, 1.807) is 12.1 Å². The van der Waals surface area contributed by atoms with Gasteiger partial charge in [0.05, 0.1) is 10.5 Å². The number of carbonyl (C=O) groups is 1. The van der Waals surface area contributed by atoms with Crippen molar-refractivity contribution in [3.63, 3.8) is 0 Å². The first kappa shape index (κ1) is 17.1. The highest BCUT2D eigenvalue weighted by atomic mass is 32.2. The zero-order valence-electron chi connectivity index (χ0n) is 12.7. The van der Waals surface area contributed by atoms with Crippen LogP contribution >= 0.6 is 0 Å². The first-order valence-corrected chi connectivity index (χ1v) is 8.19. The van der Waals surface area contributed by atoms with Gasteiger partial charge in [-0.15, -0.1) is 0 Å². The van der Waals surface area contributed by atoms with Crippen molar-refractivity contribution in [1.29, 1.82) is 0 Å². The Hall–Kier alpha value is -2.25. The third-order valence-corrected chi connectivity index (χ3v) is 5.00. The van der Waals surface area contributed by atoms with Gasteiger partial charge in [-0.2, -0.15) is 0 Å². The van der Waals surface area contributed by atoms with E-state index < -0.39 is 21.8 Å². The van der Waals surface area contributed by atoms with Gasteiger partial charge in [-0.25, -0.2) is 21.9 Å². The summed E-state index contributed by atoms with van der Waals surface area (Å²) in [6, 6.07) is 11.4. The summed E-state index contributed by atoms with van der Waals surface area (Å²) in [5.41, 5.74) is 0.420. The van der Waals surface area contributed by atoms with E-state index in [-0.39, 0.29) is 17.1 Å². The Balaban J connectivity index is 2.24. The quantitative estimate of drug-likeness (QED) is 0.786. The van der Waals surface area contributed by atoms with Crippen LogP contribution in [0.4, 0.5) is 4.39 Å². The Labute approximate surface area is 134 Å². The highest BCUT2D eigenvalue weighted by Crippen LogP contribution is 2.20.